The summed E-state index contributed by atoms with van der Waals surface area (Å²) in [5, 5.41) is 30.3. The standard InChI is InChI=1S/C22H24N6S.C19H22N2OS.C11H17N3S.C9H15N3.C7H9NO.C2H8N2/c1-3-28-20(17-6-4-5-7-18(17)26-28)10-22-25-19(13-29-22)16-8-9-21(23-11-16)27-12-15(2)24-14-27;1-2-21-18(16-10-6-7-11-17(16)20-21)12-15(23)13-19(22)14-8-4-3-5-9-14;1-2-14-10(7-11(12)15)8-5-3-4-6-9(8)13-14;1-2-12-9(10)7-5-3-4-6-8(7)11-12;8-5-6-3-1-2-4-7(6)9;1-2-4-3/h8-9,11-14H,3-7,10H2,1-2H3;3-5,8-9H,2,6-7,10-13H2,1H3;2-7H2,1H3,(H2,12,15);2-6,10H2,1H3;6H,1-4H2;4H,2-3H2,1H3. The lowest BCUT2D eigenvalue weighted by molar-refractivity contribution is -0.122. The molecule has 0 radical (unpaired) electrons. The van der Waals surface area contributed by atoms with Gasteiger partial charge in [0.1, 0.15) is 29.7 Å². The number of carbonyl (C=O) groups is 2. The molecule has 1 aromatic carbocycles. The van der Waals surface area contributed by atoms with Gasteiger partial charge in [-0.3, -0.25) is 39.5 Å². The van der Waals surface area contributed by atoms with Crippen molar-refractivity contribution in [2.75, 3.05) is 12.3 Å². The van der Waals surface area contributed by atoms with Crippen LogP contribution in [-0.2, 0) is 102 Å². The molecular weight excluding hydrogens is 1210 g/mol. The number of aromatic nitrogens is 12. The van der Waals surface area contributed by atoms with E-state index >= 15 is 0 Å². The molecule has 92 heavy (non-hydrogen) atoms. The highest BCUT2D eigenvalue weighted by Gasteiger charge is 2.25. The Kier molecular flexibility index (Phi) is 27.2. The first-order valence-electron chi connectivity index (χ1n) is 33.4. The Morgan fingerprint density at radius 2 is 1.18 bits per heavy atom. The lowest BCUT2D eigenvalue weighted by Crippen LogP contribution is -2.20. The molecule has 490 valence electrons. The fourth-order valence-electron chi connectivity index (χ4n) is 12.6. The van der Waals surface area contributed by atoms with Gasteiger partial charge in [-0.1, -0.05) is 68.1 Å². The fourth-order valence-corrected chi connectivity index (χ4v) is 13.8. The second-order valence-electron chi connectivity index (χ2n) is 23.9. The van der Waals surface area contributed by atoms with E-state index < -0.39 is 0 Å². The largest absolute Gasteiger partial charge is 0.393 e. The Morgan fingerprint density at radius 3 is 1.66 bits per heavy atom. The van der Waals surface area contributed by atoms with E-state index in [1.54, 1.807) is 17.7 Å². The SMILES string of the molecule is CCNN.CCn1nc2c(c1CC(=S)CC(=O)c1ccccc1)CCCC2.CCn1nc2c(c1CC(N)=S)CCCC2.CCn1nc2c(c1Cc1nc(-c3ccc(-n4cnc(C)c4)nc3)cs1)CCCC2.CCn1nc2c(c1N)CCCC2.N#CC1CCCCC1=O. The molecule has 1 fully saturated rings. The Labute approximate surface area is 558 Å². The number of Topliss-reactive ketones (excluding diaryl/α,β-unsaturated/α-hetero) is 2. The lowest BCUT2D eigenvalue weighted by Gasteiger charge is -2.12. The maximum atomic E-state index is 12.3. The van der Waals surface area contributed by atoms with E-state index in [0.29, 0.717) is 30.7 Å². The van der Waals surface area contributed by atoms with E-state index in [-0.39, 0.29) is 17.5 Å². The highest BCUT2D eigenvalue weighted by molar-refractivity contribution is 7.80. The van der Waals surface area contributed by atoms with Gasteiger partial charge in [0.15, 0.2) is 5.78 Å². The third-order valence-corrected chi connectivity index (χ3v) is 18.7. The maximum Gasteiger partial charge on any atom is 0.167 e. The number of nitrogens with two attached hydrogens (primary N) is 3. The molecule has 7 N–H and O–H groups in total. The quantitative estimate of drug-likeness (QED) is 0.0303. The first-order valence-corrected chi connectivity index (χ1v) is 35.1. The number of anilines is 1. The molecule has 13 rings (SSSR count). The summed E-state index contributed by atoms with van der Waals surface area (Å²) in [6.45, 7) is 16.8. The Bertz CT molecular complexity index is 3740. The molecule has 0 saturated heterocycles. The Morgan fingerprint density at radius 1 is 0.674 bits per heavy atom. The van der Waals surface area contributed by atoms with Gasteiger partial charge < -0.3 is 11.5 Å². The van der Waals surface area contributed by atoms with Crippen LogP contribution in [0.1, 0.15) is 201 Å². The molecule has 1 unspecified atom stereocenters. The number of nitrogen functional groups attached to an aromatic ring is 1. The van der Waals surface area contributed by atoms with Crippen LogP contribution < -0.4 is 22.7 Å². The number of nitriles is 1. The third-order valence-electron chi connectivity index (χ3n) is 17.5. The Hall–Kier alpha value is -7.42. The van der Waals surface area contributed by atoms with Crippen molar-refractivity contribution in [2.24, 2.45) is 17.5 Å². The number of benzene rings is 1. The number of ketones is 2. The number of hydrogen-bond acceptors (Lipinski definition) is 16. The highest BCUT2D eigenvalue weighted by Crippen LogP contribution is 2.31. The number of thiocarbonyl (C=S) groups is 2. The molecule has 22 heteroatoms. The van der Waals surface area contributed by atoms with Crippen LogP contribution in [0, 0.1) is 24.2 Å². The van der Waals surface area contributed by atoms with Crippen LogP contribution in [0.4, 0.5) is 5.82 Å². The lowest BCUT2D eigenvalue weighted by atomic mass is 9.89. The van der Waals surface area contributed by atoms with E-state index in [9.17, 15) is 9.59 Å². The van der Waals surface area contributed by atoms with Crippen LogP contribution in [0.3, 0.4) is 0 Å². The predicted molar refractivity (Wildman–Crippen MR) is 375 cm³/mol. The number of pyridine rings is 1. The Balaban J connectivity index is 0.000000154. The minimum atomic E-state index is -0.279. The van der Waals surface area contributed by atoms with Gasteiger partial charge in [0, 0.05) is 121 Å². The van der Waals surface area contributed by atoms with Crippen LogP contribution in [0.15, 0.2) is 66.6 Å². The maximum absolute atomic E-state index is 12.3. The van der Waals surface area contributed by atoms with Crippen molar-refractivity contribution in [1.29, 1.82) is 5.26 Å². The van der Waals surface area contributed by atoms with Crippen molar-refractivity contribution in [1.82, 2.24) is 64.1 Å². The number of nitrogens with one attached hydrogen (secondary N) is 1. The fraction of sp³-hybridized carbons (Fsp3) is 0.514. The second kappa shape index (κ2) is 35.6. The van der Waals surface area contributed by atoms with E-state index in [2.05, 4.69) is 78.8 Å². The van der Waals surface area contributed by atoms with E-state index in [4.69, 9.17) is 62.2 Å². The summed E-state index contributed by atoms with van der Waals surface area (Å²) in [4.78, 5) is 38.2. The van der Waals surface area contributed by atoms with Crippen molar-refractivity contribution in [3.8, 4) is 23.1 Å². The average Bonchev–Trinajstić information content (AvgIpc) is 1.84. The number of carbonyl (C=O) groups excluding carboxylic acids is 2. The van der Waals surface area contributed by atoms with Crippen molar-refractivity contribution in [2.45, 2.75) is 222 Å². The second-order valence-corrected chi connectivity index (χ2v) is 26.0. The topological polar surface area (TPSA) is 263 Å². The summed E-state index contributed by atoms with van der Waals surface area (Å²) < 4.78 is 10.2. The molecule has 0 spiro atoms. The third kappa shape index (κ3) is 18.9. The minimum Gasteiger partial charge on any atom is -0.393 e. The molecule has 0 bridgehead atoms. The molecule has 0 aliphatic heterocycles. The number of imidazole rings is 1. The zero-order chi connectivity index (χ0) is 65.5. The van der Waals surface area contributed by atoms with Crippen molar-refractivity contribution >= 4 is 63.0 Å². The van der Waals surface area contributed by atoms with Crippen molar-refractivity contribution < 1.29 is 9.59 Å². The van der Waals surface area contributed by atoms with Crippen molar-refractivity contribution in [3.63, 3.8) is 0 Å². The van der Waals surface area contributed by atoms with Gasteiger partial charge in [0.05, 0.1) is 50.2 Å². The molecule has 1 saturated carbocycles. The van der Waals surface area contributed by atoms with Gasteiger partial charge in [-0.05, 0) is 179 Å². The zero-order valence-corrected chi connectivity index (χ0v) is 57.5. The molecule has 5 aliphatic carbocycles. The van der Waals surface area contributed by atoms with Gasteiger partial charge in [0.2, 0.25) is 0 Å². The number of aryl methyl sites for hydroxylation is 9. The van der Waals surface area contributed by atoms with Gasteiger partial charge in [-0.2, -0.15) is 25.7 Å². The first-order chi connectivity index (χ1) is 44.7. The molecule has 19 nitrogen and oxygen atoms in total. The van der Waals surface area contributed by atoms with Crippen LogP contribution in [0.2, 0.25) is 0 Å². The van der Waals surface area contributed by atoms with Gasteiger partial charge in [0.25, 0.3) is 0 Å². The summed E-state index contributed by atoms with van der Waals surface area (Å²) >= 11 is 12.2. The summed E-state index contributed by atoms with van der Waals surface area (Å²) in [5.41, 5.74) is 32.2. The molecule has 7 heterocycles. The first kappa shape index (κ1) is 70.4. The minimum absolute atomic E-state index is 0.104. The summed E-state index contributed by atoms with van der Waals surface area (Å²) in [5.74, 6) is 6.50. The van der Waals surface area contributed by atoms with Crippen molar-refractivity contribution in [3.05, 3.63) is 145 Å². The zero-order valence-electron chi connectivity index (χ0n) is 55.0. The molecule has 5 aliphatic rings. The monoisotopic (exact) mass is 1300 g/mol. The smallest absolute Gasteiger partial charge is 0.167 e. The molecule has 8 aromatic rings. The summed E-state index contributed by atoms with van der Waals surface area (Å²) in [6.07, 6.45) is 30.7. The number of nitrogens with zero attached hydrogens (tertiary/aromatic N) is 13. The number of fused-ring (bicyclic) bond motifs is 4. The number of hydrogen-bond donors (Lipinski definition) is 4. The van der Waals surface area contributed by atoms with Gasteiger partial charge in [-0.15, -0.1) is 11.3 Å². The summed E-state index contributed by atoms with van der Waals surface area (Å²) in [7, 11) is 0. The number of rotatable bonds is 16. The van der Waals surface area contributed by atoms with Gasteiger partial charge >= 0.3 is 0 Å². The summed E-state index contributed by atoms with van der Waals surface area (Å²) in [6, 6.07) is 15.5. The normalized spacial score (nSPS) is 15.2. The molecular formula is C70H95N17O2S3. The number of hydrazine groups is 1. The highest BCUT2D eigenvalue weighted by atomic mass is 32.1. The average molecular weight is 1300 g/mol. The predicted octanol–water partition coefficient (Wildman–Crippen LogP) is 12.1. The molecule has 1 atom stereocenters. The van der Waals surface area contributed by atoms with Crippen LogP contribution in [0.5, 0.6) is 0 Å². The molecule has 7 aromatic heterocycles. The van der Waals surface area contributed by atoms with E-state index in [1.807, 2.05) is 78.0 Å². The van der Waals surface area contributed by atoms with E-state index in [0.717, 1.165) is 154 Å². The molecule has 0 amide bonds. The van der Waals surface area contributed by atoms with Gasteiger partial charge in [-0.25, -0.2) is 19.6 Å². The van der Waals surface area contributed by atoms with Crippen LogP contribution in [-0.4, -0.2) is 86.6 Å². The van der Waals surface area contributed by atoms with E-state index in [1.165, 1.54) is 113 Å². The van der Waals surface area contributed by atoms with Crippen LogP contribution >= 0.6 is 35.8 Å². The number of thiazole rings is 1. The van der Waals surface area contributed by atoms with Crippen LogP contribution in [0.25, 0.3) is 17.1 Å².